The summed E-state index contributed by atoms with van der Waals surface area (Å²) >= 11 is 0. The van der Waals surface area contributed by atoms with Gasteiger partial charge in [0.05, 0.1) is 0 Å². The molecule has 0 radical (unpaired) electrons. The standard InChI is InChI=1S/C18H28N6O/c1-14-8-19-13-21-18(14)24-11-15-9-23(10-16(15)12-24)7-6-22-4-2-17(25)20-3-5-22/h8,13,15-16H,2-7,9-12H2,1H3,(H,20,25). The van der Waals surface area contributed by atoms with E-state index in [0.717, 1.165) is 63.5 Å². The van der Waals surface area contributed by atoms with E-state index < -0.39 is 0 Å². The van der Waals surface area contributed by atoms with Crippen LogP contribution in [0.15, 0.2) is 12.5 Å². The van der Waals surface area contributed by atoms with Gasteiger partial charge in [0, 0.05) is 77.1 Å². The smallest absolute Gasteiger partial charge is 0.221 e. The Morgan fingerprint density at radius 1 is 1.12 bits per heavy atom. The first kappa shape index (κ1) is 16.7. The van der Waals surface area contributed by atoms with Crippen LogP contribution in [0.1, 0.15) is 12.0 Å². The van der Waals surface area contributed by atoms with Gasteiger partial charge in [0.25, 0.3) is 0 Å². The van der Waals surface area contributed by atoms with Gasteiger partial charge in [-0.15, -0.1) is 0 Å². The van der Waals surface area contributed by atoms with Crippen LogP contribution in [0.4, 0.5) is 5.82 Å². The molecule has 4 heterocycles. The second kappa shape index (κ2) is 7.25. The highest BCUT2D eigenvalue weighted by molar-refractivity contribution is 5.76. The Hall–Kier alpha value is -1.73. The molecule has 3 aliphatic heterocycles. The average molecular weight is 344 g/mol. The number of aryl methyl sites for hydroxylation is 1. The molecular formula is C18H28N6O. The van der Waals surface area contributed by atoms with Gasteiger partial charge in [0.2, 0.25) is 5.91 Å². The lowest BCUT2D eigenvalue weighted by molar-refractivity contribution is -0.120. The van der Waals surface area contributed by atoms with Crippen molar-refractivity contribution < 1.29 is 4.79 Å². The third kappa shape index (κ3) is 3.77. The molecule has 3 aliphatic rings. The van der Waals surface area contributed by atoms with Crippen LogP contribution >= 0.6 is 0 Å². The van der Waals surface area contributed by atoms with Gasteiger partial charge in [-0.05, 0) is 18.8 Å². The summed E-state index contributed by atoms with van der Waals surface area (Å²) in [5.41, 5.74) is 1.17. The summed E-state index contributed by atoms with van der Waals surface area (Å²) < 4.78 is 0. The van der Waals surface area contributed by atoms with Crippen molar-refractivity contribution in [1.29, 1.82) is 0 Å². The molecule has 3 saturated heterocycles. The van der Waals surface area contributed by atoms with Gasteiger partial charge >= 0.3 is 0 Å². The Bertz CT molecular complexity index is 609. The molecule has 1 aromatic heterocycles. The molecule has 2 atom stereocenters. The number of hydrogen-bond donors (Lipinski definition) is 1. The lowest BCUT2D eigenvalue weighted by Gasteiger charge is -2.25. The number of carbonyl (C=O) groups excluding carboxylic acids is 1. The van der Waals surface area contributed by atoms with E-state index in [0.29, 0.717) is 6.42 Å². The molecule has 1 aromatic rings. The van der Waals surface area contributed by atoms with E-state index in [-0.39, 0.29) is 5.91 Å². The van der Waals surface area contributed by atoms with Crippen LogP contribution in [0.25, 0.3) is 0 Å². The summed E-state index contributed by atoms with van der Waals surface area (Å²) in [6, 6.07) is 0. The van der Waals surface area contributed by atoms with E-state index in [4.69, 9.17) is 0 Å². The van der Waals surface area contributed by atoms with Crippen LogP contribution in [0.2, 0.25) is 0 Å². The number of nitrogens with one attached hydrogen (secondary N) is 1. The molecule has 3 fully saturated rings. The van der Waals surface area contributed by atoms with Crippen LogP contribution in [0.5, 0.6) is 0 Å². The number of anilines is 1. The maximum Gasteiger partial charge on any atom is 0.221 e. The highest BCUT2D eigenvalue weighted by atomic mass is 16.1. The molecular weight excluding hydrogens is 316 g/mol. The summed E-state index contributed by atoms with van der Waals surface area (Å²) in [6.07, 6.45) is 4.20. The fraction of sp³-hybridized carbons (Fsp3) is 0.722. The molecule has 0 saturated carbocycles. The highest BCUT2D eigenvalue weighted by Gasteiger charge is 2.40. The third-order valence-electron chi connectivity index (χ3n) is 5.87. The molecule has 2 unspecified atom stereocenters. The van der Waals surface area contributed by atoms with Crippen LogP contribution in [0, 0.1) is 18.8 Å². The van der Waals surface area contributed by atoms with E-state index in [1.165, 1.54) is 18.7 Å². The molecule has 1 amide bonds. The first-order valence-corrected chi connectivity index (χ1v) is 9.42. The quantitative estimate of drug-likeness (QED) is 0.828. The summed E-state index contributed by atoms with van der Waals surface area (Å²) in [6.45, 7) is 11.6. The SMILES string of the molecule is Cc1cncnc1N1CC2CN(CCN3CCNC(=O)CC3)CC2C1. The minimum atomic E-state index is 0.193. The normalized spacial score (nSPS) is 28.0. The zero-order valence-corrected chi connectivity index (χ0v) is 15.0. The summed E-state index contributed by atoms with van der Waals surface area (Å²) in [5, 5.41) is 2.95. The van der Waals surface area contributed by atoms with Gasteiger partial charge in [-0.2, -0.15) is 0 Å². The van der Waals surface area contributed by atoms with Crippen LogP contribution in [-0.4, -0.2) is 84.6 Å². The Labute approximate surface area is 149 Å². The minimum Gasteiger partial charge on any atom is -0.356 e. The number of likely N-dealkylation sites (tertiary alicyclic amines) is 1. The Kier molecular flexibility index (Phi) is 4.85. The number of carbonyl (C=O) groups is 1. The number of fused-ring (bicyclic) bond motifs is 1. The average Bonchev–Trinajstić information content (AvgIpc) is 3.08. The molecule has 0 aliphatic carbocycles. The lowest BCUT2D eigenvalue weighted by atomic mass is 10.0. The third-order valence-corrected chi connectivity index (χ3v) is 5.87. The maximum atomic E-state index is 11.4. The van der Waals surface area contributed by atoms with E-state index in [1.807, 2.05) is 6.20 Å². The zero-order valence-electron chi connectivity index (χ0n) is 15.0. The van der Waals surface area contributed by atoms with Crippen molar-refractivity contribution in [2.24, 2.45) is 11.8 Å². The van der Waals surface area contributed by atoms with Crippen molar-refractivity contribution in [1.82, 2.24) is 25.1 Å². The summed E-state index contributed by atoms with van der Waals surface area (Å²) in [7, 11) is 0. The van der Waals surface area contributed by atoms with E-state index in [9.17, 15) is 4.79 Å². The van der Waals surface area contributed by atoms with Crippen LogP contribution in [0.3, 0.4) is 0 Å². The number of rotatable bonds is 4. The van der Waals surface area contributed by atoms with E-state index >= 15 is 0 Å². The van der Waals surface area contributed by atoms with Gasteiger partial charge in [-0.3, -0.25) is 9.69 Å². The first-order chi connectivity index (χ1) is 12.2. The second-order valence-corrected chi connectivity index (χ2v) is 7.66. The van der Waals surface area contributed by atoms with Gasteiger partial charge in [-0.1, -0.05) is 0 Å². The Morgan fingerprint density at radius 3 is 2.64 bits per heavy atom. The predicted molar refractivity (Wildman–Crippen MR) is 96.5 cm³/mol. The molecule has 7 nitrogen and oxygen atoms in total. The van der Waals surface area contributed by atoms with Crippen LogP contribution < -0.4 is 10.2 Å². The Balaban J connectivity index is 1.25. The predicted octanol–water partition coefficient (Wildman–Crippen LogP) is -0.0251. The molecule has 0 aromatic carbocycles. The van der Waals surface area contributed by atoms with E-state index in [1.54, 1.807) is 6.33 Å². The van der Waals surface area contributed by atoms with Gasteiger partial charge in [0.1, 0.15) is 12.1 Å². The monoisotopic (exact) mass is 344 g/mol. The molecule has 7 heteroatoms. The topological polar surface area (TPSA) is 64.6 Å². The van der Waals surface area contributed by atoms with Crippen molar-refractivity contribution in [3.63, 3.8) is 0 Å². The van der Waals surface area contributed by atoms with Gasteiger partial charge in [-0.25, -0.2) is 9.97 Å². The van der Waals surface area contributed by atoms with Crippen molar-refractivity contribution >= 4 is 11.7 Å². The lowest BCUT2D eigenvalue weighted by Crippen LogP contribution is -2.37. The largest absolute Gasteiger partial charge is 0.356 e. The summed E-state index contributed by atoms with van der Waals surface area (Å²) in [4.78, 5) is 27.5. The fourth-order valence-electron chi connectivity index (χ4n) is 4.49. The Morgan fingerprint density at radius 2 is 1.88 bits per heavy atom. The van der Waals surface area contributed by atoms with Crippen molar-refractivity contribution in [2.45, 2.75) is 13.3 Å². The summed E-state index contributed by atoms with van der Waals surface area (Å²) in [5.74, 6) is 2.81. The molecule has 136 valence electrons. The molecule has 0 spiro atoms. The highest BCUT2D eigenvalue weighted by Crippen LogP contribution is 2.33. The fourth-order valence-corrected chi connectivity index (χ4v) is 4.49. The number of nitrogens with zero attached hydrogens (tertiary/aromatic N) is 5. The number of aromatic nitrogens is 2. The van der Waals surface area contributed by atoms with Crippen molar-refractivity contribution in [3.05, 3.63) is 18.1 Å². The van der Waals surface area contributed by atoms with Gasteiger partial charge in [0.15, 0.2) is 0 Å². The zero-order chi connectivity index (χ0) is 17.2. The number of hydrogen-bond acceptors (Lipinski definition) is 6. The van der Waals surface area contributed by atoms with Gasteiger partial charge < -0.3 is 15.1 Å². The second-order valence-electron chi connectivity index (χ2n) is 7.66. The maximum absolute atomic E-state index is 11.4. The minimum absolute atomic E-state index is 0.193. The molecule has 25 heavy (non-hydrogen) atoms. The molecule has 0 bridgehead atoms. The first-order valence-electron chi connectivity index (χ1n) is 9.42. The molecule has 1 N–H and O–H groups in total. The van der Waals surface area contributed by atoms with Crippen LogP contribution in [-0.2, 0) is 4.79 Å². The van der Waals surface area contributed by atoms with E-state index in [2.05, 4.69) is 36.9 Å². The van der Waals surface area contributed by atoms with Crippen molar-refractivity contribution in [3.8, 4) is 0 Å². The number of amides is 1. The molecule has 4 rings (SSSR count). The van der Waals surface area contributed by atoms with Crippen molar-refractivity contribution in [2.75, 3.05) is 63.8 Å².